The van der Waals surface area contributed by atoms with Crippen molar-refractivity contribution in [3.63, 3.8) is 0 Å². The van der Waals surface area contributed by atoms with E-state index in [-0.39, 0.29) is 75.2 Å². The highest BCUT2D eigenvalue weighted by atomic mass is 32.2. The quantitative estimate of drug-likeness (QED) is 0.222. The Kier molecular flexibility index (Phi) is 14.5. The maximum absolute atomic E-state index is 14.1. The summed E-state index contributed by atoms with van der Waals surface area (Å²) in [4.78, 5) is 31.3. The molecule has 2 atom stereocenters. The van der Waals surface area contributed by atoms with Gasteiger partial charge in [-0.25, -0.2) is 16.8 Å². The van der Waals surface area contributed by atoms with E-state index < -0.39 is 43.9 Å². The molecule has 0 saturated carbocycles. The lowest BCUT2D eigenvalue weighted by Gasteiger charge is -2.30. The summed E-state index contributed by atoms with van der Waals surface area (Å²) in [7, 11) is -8.06. The molecule has 0 spiro atoms. The van der Waals surface area contributed by atoms with Crippen LogP contribution in [0.3, 0.4) is 0 Å². The Balaban J connectivity index is 1.26. The summed E-state index contributed by atoms with van der Waals surface area (Å²) in [6, 6.07) is 29.1. The van der Waals surface area contributed by atoms with Gasteiger partial charge in [-0.2, -0.15) is 9.44 Å². The molecule has 1 aliphatic heterocycles. The SMILES string of the molecule is Cc1ccc(S(=O)(=O)NC(Cc2ccccc2)C(=O)N2CCOCCN(C(=O)C(Cc3ccccc3)NS(=O)(=O)c3ccc(C)cc3)CCOCC2)cc1. The molecule has 1 saturated heterocycles. The minimum absolute atomic E-state index is 0.0624. The topological polar surface area (TPSA) is 151 Å². The van der Waals surface area contributed by atoms with Gasteiger partial charge in [-0.1, -0.05) is 96.1 Å². The molecule has 4 aromatic rings. The zero-order valence-electron chi connectivity index (χ0n) is 30.6. The molecular formula is C40H48N4O8S2. The monoisotopic (exact) mass is 776 g/mol. The molecule has 0 aromatic heterocycles. The van der Waals surface area contributed by atoms with Gasteiger partial charge in [0.05, 0.1) is 36.2 Å². The zero-order chi connectivity index (χ0) is 38.6. The van der Waals surface area contributed by atoms with Crippen molar-refractivity contribution in [2.24, 2.45) is 0 Å². The van der Waals surface area contributed by atoms with E-state index in [2.05, 4.69) is 9.44 Å². The van der Waals surface area contributed by atoms with E-state index in [0.717, 1.165) is 22.3 Å². The van der Waals surface area contributed by atoms with Crippen LogP contribution < -0.4 is 9.44 Å². The van der Waals surface area contributed by atoms with Crippen molar-refractivity contribution in [1.82, 2.24) is 19.2 Å². The minimum Gasteiger partial charge on any atom is -0.378 e. The largest absolute Gasteiger partial charge is 0.378 e. The van der Waals surface area contributed by atoms with Crippen molar-refractivity contribution in [1.29, 1.82) is 0 Å². The van der Waals surface area contributed by atoms with Crippen LogP contribution in [0.15, 0.2) is 119 Å². The predicted molar refractivity (Wildman–Crippen MR) is 206 cm³/mol. The van der Waals surface area contributed by atoms with Crippen LogP contribution in [0, 0.1) is 13.8 Å². The van der Waals surface area contributed by atoms with E-state index in [0.29, 0.717) is 0 Å². The second-order valence-corrected chi connectivity index (χ2v) is 16.7. The maximum Gasteiger partial charge on any atom is 0.241 e. The number of hydrogen-bond acceptors (Lipinski definition) is 8. The number of amides is 2. The molecule has 54 heavy (non-hydrogen) atoms. The van der Waals surface area contributed by atoms with E-state index in [9.17, 15) is 26.4 Å². The molecule has 1 heterocycles. The van der Waals surface area contributed by atoms with Gasteiger partial charge >= 0.3 is 0 Å². The number of nitrogens with one attached hydrogen (secondary N) is 2. The molecule has 0 aliphatic carbocycles. The Hall–Kier alpha value is -4.44. The molecular weight excluding hydrogens is 729 g/mol. The first-order chi connectivity index (χ1) is 25.9. The fourth-order valence-electron chi connectivity index (χ4n) is 6.01. The van der Waals surface area contributed by atoms with E-state index in [1.807, 2.05) is 74.5 Å². The Morgan fingerprint density at radius 1 is 0.537 bits per heavy atom. The van der Waals surface area contributed by atoms with Gasteiger partial charge in [0.15, 0.2) is 0 Å². The lowest BCUT2D eigenvalue weighted by molar-refractivity contribution is -0.136. The highest BCUT2D eigenvalue weighted by Gasteiger charge is 2.32. The van der Waals surface area contributed by atoms with Crippen LogP contribution in [0.1, 0.15) is 22.3 Å². The smallest absolute Gasteiger partial charge is 0.241 e. The van der Waals surface area contributed by atoms with Crippen molar-refractivity contribution in [2.45, 2.75) is 48.6 Å². The normalized spacial score (nSPS) is 16.1. The third-order valence-corrected chi connectivity index (χ3v) is 12.0. The first kappa shape index (κ1) is 40.7. The average molecular weight is 777 g/mol. The molecule has 1 aliphatic rings. The molecule has 14 heteroatoms. The number of rotatable bonds is 12. The Bertz CT molecular complexity index is 1870. The third kappa shape index (κ3) is 11.8. The summed E-state index contributed by atoms with van der Waals surface area (Å²) >= 11 is 0. The molecule has 5 rings (SSSR count). The number of nitrogens with zero attached hydrogens (tertiary/aromatic N) is 2. The summed E-state index contributed by atoms with van der Waals surface area (Å²) in [5.41, 5.74) is 3.40. The maximum atomic E-state index is 14.1. The predicted octanol–water partition coefficient (Wildman–Crippen LogP) is 3.49. The Labute approximate surface area is 318 Å². The third-order valence-electron chi connectivity index (χ3n) is 9.06. The van der Waals surface area contributed by atoms with Crippen LogP contribution in [-0.2, 0) is 52.0 Å². The number of benzene rings is 4. The molecule has 1 fully saturated rings. The average Bonchev–Trinajstić information content (AvgIpc) is 3.15. The number of sulfonamides is 2. The van der Waals surface area contributed by atoms with E-state index in [4.69, 9.17) is 9.47 Å². The number of carbonyl (C=O) groups is 2. The molecule has 12 nitrogen and oxygen atoms in total. The number of carbonyl (C=O) groups excluding carboxylic acids is 2. The van der Waals surface area contributed by atoms with E-state index in [1.54, 1.807) is 24.3 Å². The molecule has 0 radical (unpaired) electrons. The highest BCUT2D eigenvalue weighted by Crippen LogP contribution is 2.16. The van der Waals surface area contributed by atoms with Gasteiger partial charge in [-0.3, -0.25) is 9.59 Å². The molecule has 288 valence electrons. The number of ether oxygens (including phenoxy) is 2. The fraction of sp³-hybridized carbons (Fsp3) is 0.350. The lowest BCUT2D eigenvalue weighted by atomic mass is 10.1. The molecule has 2 unspecified atom stereocenters. The van der Waals surface area contributed by atoms with Crippen molar-refractivity contribution in [2.75, 3.05) is 52.6 Å². The summed E-state index contributed by atoms with van der Waals surface area (Å²) in [5.74, 6) is -0.833. The Morgan fingerprint density at radius 3 is 1.17 bits per heavy atom. The minimum atomic E-state index is -4.03. The van der Waals surface area contributed by atoms with Crippen LogP contribution in [-0.4, -0.2) is 103 Å². The Morgan fingerprint density at radius 2 is 0.852 bits per heavy atom. The van der Waals surface area contributed by atoms with Gasteiger partial charge in [-0.15, -0.1) is 0 Å². The van der Waals surface area contributed by atoms with Crippen LogP contribution in [0.2, 0.25) is 0 Å². The van der Waals surface area contributed by atoms with Crippen molar-refractivity contribution in [3.8, 4) is 0 Å². The number of hydrogen-bond donors (Lipinski definition) is 2. The number of aryl methyl sites for hydroxylation is 2. The van der Waals surface area contributed by atoms with Gasteiger partial charge in [0.25, 0.3) is 0 Å². The molecule has 2 amide bonds. The zero-order valence-corrected chi connectivity index (χ0v) is 32.2. The lowest BCUT2D eigenvalue weighted by Crippen LogP contribution is -2.52. The van der Waals surface area contributed by atoms with Crippen LogP contribution >= 0.6 is 0 Å². The summed E-state index contributed by atoms with van der Waals surface area (Å²) in [6.45, 7) is 4.80. The first-order valence-corrected chi connectivity index (χ1v) is 20.9. The van der Waals surface area contributed by atoms with Crippen molar-refractivity contribution in [3.05, 3.63) is 131 Å². The molecule has 4 aromatic carbocycles. The second-order valence-electron chi connectivity index (χ2n) is 13.2. The second kappa shape index (κ2) is 19.2. The summed E-state index contributed by atoms with van der Waals surface area (Å²) < 4.78 is 70.9. The summed E-state index contributed by atoms with van der Waals surface area (Å²) in [6.07, 6.45) is 0.274. The standard InChI is InChI=1S/C40H48N4O8S2/c1-31-13-17-35(18-14-31)53(47,48)41-37(29-33-9-5-3-6-10-33)39(45)43-21-25-51-27-23-44(24-28-52-26-22-43)40(46)38(30-34-11-7-4-8-12-34)42-54(49,50)36-19-15-32(2)16-20-36/h3-20,37-38,41-42H,21-30H2,1-2H3. The van der Waals surface area contributed by atoms with Gasteiger partial charge in [0.1, 0.15) is 12.1 Å². The van der Waals surface area contributed by atoms with Gasteiger partial charge in [-0.05, 0) is 62.1 Å². The van der Waals surface area contributed by atoms with Crippen LogP contribution in [0.5, 0.6) is 0 Å². The van der Waals surface area contributed by atoms with Crippen LogP contribution in [0.25, 0.3) is 0 Å². The van der Waals surface area contributed by atoms with E-state index in [1.165, 1.54) is 34.1 Å². The van der Waals surface area contributed by atoms with Gasteiger partial charge in [0.2, 0.25) is 31.9 Å². The van der Waals surface area contributed by atoms with E-state index >= 15 is 0 Å². The first-order valence-electron chi connectivity index (χ1n) is 17.9. The summed E-state index contributed by atoms with van der Waals surface area (Å²) in [5, 5.41) is 0. The highest BCUT2D eigenvalue weighted by molar-refractivity contribution is 7.89. The van der Waals surface area contributed by atoms with Crippen molar-refractivity contribution < 1.29 is 35.9 Å². The van der Waals surface area contributed by atoms with Gasteiger partial charge in [0, 0.05) is 26.2 Å². The molecule has 0 bridgehead atoms. The van der Waals surface area contributed by atoms with Crippen LogP contribution in [0.4, 0.5) is 0 Å². The van der Waals surface area contributed by atoms with Crippen molar-refractivity contribution >= 4 is 31.9 Å². The van der Waals surface area contributed by atoms with Gasteiger partial charge < -0.3 is 19.3 Å². The molecule has 2 N–H and O–H groups in total. The fourth-order valence-corrected chi connectivity index (χ4v) is 8.39.